The number of fused-ring (bicyclic) bond motifs is 2. The third-order valence-electron chi connectivity index (χ3n) is 6.74. The summed E-state index contributed by atoms with van der Waals surface area (Å²) in [6, 6.07) is 11.9. The fourth-order valence-corrected chi connectivity index (χ4v) is 4.88. The van der Waals surface area contributed by atoms with Crippen molar-refractivity contribution in [1.82, 2.24) is 30.2 Å². The van der Waals surface area contributed by atoms with Gasteiger partial charge in [0.1, 0.15) is 23.3 Å². The van der Waals surface area contributed by atoms with Crippen molar-refractivity contribution in [3.05, 3.63) is 88.0 Å². The molecule has 2 aromatic carbocycles. The van der Waals surface area contributed by atoms with Crippen molar-refractivity contribution in [1.29, 1.82) is 0 Å². The predicted octanol–water partition coefficient (Wildman–Crippen LogP) is 3.32. The van der Waals surface area contributed by atoms with E-state index in [1.54, 1.807) is 24.3 Å². The maximum absolute atomic E-state index is 13.5. The standard InChI is InChI=1S/C29H31N7O4/c1-16-19-10-11-22(21(19)9-8-20(16)27(39)40-29(2,3)4)34-26(38)24-13-23(35-28-32-15-33-36(24)28)25(37)31-14-17-6-5-7-18(30)12-17/h5-9,12-13,15,22H,10-11,14,30H2,1-4H3,(H,31,37)(H,34,38)/t22-/m0/s1. The molecular formula is C29H31N7O4. The summed E-state index contributed by atoms with van der Waals surface area (Å²) in [5, 5.41) is 9.98. The molecule has 0 saturated heterocycles. The normalized spacial score (nSPS) is 14.6. The summed E-state index contributed by atoms with van der Waals surface area (Å²) in [7, 11) is 0. The Kier molecular flexibility index (Phi) is 6.97. The van der Waals surface area contributed by atoms with Crippen molar-refractivity contribution in [2.45, 2.75) is 58.7 Å². The molecule has 0 radical (unpaired) electrons. The van der Waals surface area contributed by atoms with Crippen molar-refractivity contribution >= 4 is 29.2 Å². The summed E-state index contributed by atoms with van der Waals surface area (Å²) in [4.78, 5) is 47.5. The van der Waals surface area contributed by atoms with Crippen LogP contribution in [0.3, 0.4) is 0 Å². The van der Waals surface area contributed by atoms with Crippen LogP contribution in [0.1, 0.15) is 86.8 Å². The van der Waals surface area contributed by atoms with E-state index >= 15 is 0 Å². The van der Waals surface area contributed by atoms with Crippen LogP contribution < -0.4 is 16.4 Å². The van der Waals surface area contributed by atoms with Gasteiger partial charge in [-0.2, -0.15) is 14.6 Å². The van der Waals surface area contributed by atoms with Crippen molar-refractivity contribution in [3.8, 4) is 0 Å². The van der Waals surface area contributed by atoms with Crippen LogP contribution >= 0.6 is 0 Å². The third kappa shape index (κ3) is 5.49. The second kappa shape index (κ2) is 10.4. The van der Waals surface area contributed by atoms with Crippen molar-refractivity contribution in [2.24, 2.45) is 0 Å². The van der Waals surface area contributed by atoms with E-state index in [2.05, 4.69) is 25.7 Å². The number of aromatic nitrogens is 4. The zero-order valence-corrected chi connectivity index (χ0v) is 22.8. The molecular weight excluding hydrogens is 510 g/mol. The number of hydrogen-bond donors (Lipinski definition) is 3. The quantitative estimate of drug-likeness (QED) is 0.248. The summed E-state index contributed by atoms with van der Waals surface area (Å²) in [5.74, 6) is -1.12. The topological polar surface area (TPSA) is 154 Å². The van der Waals surface area contributed by atoms with E-state index in [9.17, 15) is 14.4 Å². The highest BCUT2D eigenvalue weighted by molar-refractivity contribution is 5.98. The molecule has 40 heavy (non-hydrogen) atoms. The van der Waals surface area contributed by atoms with Crippen LogP contribution in [0.5, 0.6) is 0 Å². The number of carbonyl (C=O) groups excluding carboxylic acids is 3. The molecule has 4 aromatic rings. The number of hydrogen-bond acceptors (Lipinski definition) is 8. The molecule has 0 saturated carbocycles. The number of nitrogen functional groups attached to an aromatic ring is 1. The van der Waals surface area contributed by atoms with Gasteiger partial charge in [-0.1, -0.05) is 18.2 Å². The first kappa shape index (κ1) is 26.8. The number of rotatable bonds is 6. The van der Waals surface area contributed by atoms with Gasteiger partial charge in [0.05, 0.1) is 11.6 Å². The number of nitrogens with zero attached hydrogens (tertiary/aromatic N) is 4. The van der Waals surface area contributed by atoms with Gasteiger partial charge in [-0.3, -0.25) is 9.59 Å². The third-order valence-corrected chi connectivity index (χ3v) is 6.74. The first-order valence-corrected chi connectivity index (χ1v) is 13.0. The number of amides is 2. The number of benzene rings is 2. The number of esters is 1. The molecule has 2 heterocycles. The SMILES string of the molecule is Cc1c(C(=O)OC(C)(C)C)ccc2c1CC[C@@H]2NC(=O)c1cc(C(=O)NCc2cccc(N)c2)nc2ncnn12. The minimum absolute atomic E-state index is 0.0409. The Morgan fingerprint density at radius 3 is 2.67 bits per heavy atom. The van der Waals surface area contributed by atoms with Gasteiger partial charge < -0.3 is 21.1 Å². The van der Waals surface area contributed by atoms with Gasteiger partial charge in [-0.25, -0.2) is 9.78 Å². The molecule has 0 spiro atoms. The molecule has 1 aliphatic rings. The lowest BCUT2D eigenvalue weighted by Crippen LogP contribution is -2.31. The Hall–Kier alpha value is -4.80. The molecule has 1 atom stereocenters. The van der Waals surface area contributed by atoms with Crippen LogP contribution in [0.15, 0.2) is 48.8 Å². The molecule has 2 amide bonds. The molecule has 11 nitrogen and oxygen atoms in total. The largest absolute Gasteiger partial charge is 0.456 e. The first-order valence-electron chi connectivity index (χ1n) is 13.0. The number of ether oxygens (including phenoxy) is 1. The second-order valence-electron chi connectivity index (χ2n) is 10.8. The lowest BCUT2D eigenvalue weighted by atomic mass is 9.97. The van der Waals surface area contributed by atoms with Gasteiger partial charge in [-0.15, -0.1) is 0 Å². The van der Waals surface area contributed by atoms with Crippen LogP contribution in [0, 0.1) is 6.92 Å². The maximum Gasteiger partial charge on any atom is 0.338 e. The summed E-state index contributed by atoms with van der Waals surface area (Å²) in [6.45, 7) is 7.64. The summed E-state index contributed by atoms with van der Waals surface area (Å²) in [6.07, 6.45) is 2.65. The minimum Gasteiger partial charge on any atom is -0.456 e. The van der Waals surface area contributed by atoms with Gasteiger partial charge in [-0.05, 0) is 81.0 Å². The molecule has 0 aliphatic heterocycles. The Labute approximate surface area is 231 Å². The van der Waals surface area contributed by atoms with Gasteiger partial charge in [0.25, 0.3) is 17.6 Å². The van der Waals surface area contributed by atoms with Gasteiger partial charge >= 0.3 is 5.97 Å². The molecule has 5 rings (SSSR count). The molecule has 1 aliphatic carbocycles. The summed E-state index contributed by atoms with van der Waals surface area (Å²) < 4.78 is 6.86. The molecule has 0 unspecified atom stereocenters. The van der Waals surface area contributed by atoms with Gasteiger partial charge in [0, 0.05) is 18.3 Å². The highest BCUT2D eigenvalue weighted by Crippen LogP contribution is 2.35. The van der Waals surface area contributed by atoms with Crippen LogP contribution in [0.25, 0.3) is 5.78 Å². The average Bonchev–Trinajstić information content (AvgIpc) is 3.53. The van der Waals surface area contributed by atoms with Crippen LogP contribution in [-0.2, 0) is 17.7 Å². The first-order chi connectivity index (χ1) is 19.0. The summed E-state index contributed by atoms with van der Waals surface area (Å²) in [5.41, 5.74) is 10.2. The predicted molar refractivity (Wildman–Crippen MR) is 148 cm³/mol. The fraction of sp³-hybridized carbons (Fsp3) is 0.310. The van der Waals surface area contributed by atoms with Crippen molar-refractivity contribution in [2.75, 3.05) is 5.73 Å². The molecule has 11 heteroatoms. The van der Waals surface area contributed by atoms with E-state index in [0.717, 1.165) is 22.3 Å². The smallest absolute Gasteiger partial charge is 0.338 e. The Morgan fingerprint density at radius 2 is 1.93 bits per heavy atom. The van der Waals surface area contributed by atoms with Crippen LogP contribution in [-0.4, -0.2) is 43.0 Å². The van der Waals surface area contributed by atoms with Gasteiger partial charge in [0.15, 0.2) is 0 Å². The molecule has 2 aromatic heterocycles. The summed E-state index contributed by atoms with van der Waals surface area (Å²) >= 11 is 0. The Morgan fingerprint density at radius 1 is 1.12 bits per heavy atom. The van der Waals surface area contributed by atoms with Crippen LogP contribution in [0.4, 0.5) is 5.69 Å². The van der Waals surface area contributed by atoms with E-state index in [0.29, 0.717) is 24.1 Å². The molecule has 4 N–H and O–H groups in total. The van der Waals surface area contributed by atoms with Crippen molar-refractivity contribution < 1.29 is 19.1 Å². The monoisotopic (exact) mass is 541 g/mol. The Bertz CT molecular complexity index is 1640. The number of anilines is 1. The molecule has 206 valence electrons. The Balaban J connectivity index is 1.35. The highest BCUT2D eigenvalue weighted by atomic mass is 16.6. The van der Waals surface area contributed by atoms with E-state index in [1.807, 2.05) is 39.8 Å². The van der Waals surface area contributed by atoms with Crippen LogP contribution in [0.2, 0.25) is 0 Å². The number of nitrogens with two attached hydrogens (primary N) is 1. The highest BCUT2D eigenvalue weighted by Gasteiger charge is 2.30. The number of nitrogens with one attached hydrogen (secondary N) is 2. The van der Waals surface area contributed by atoms with E-state index < -0.39 is 17.4 Å². The van der Waals surface area contributed by atoms with Gasteiger partial charge in [0.2, 0.25) is 0 Å². The average molecular weight is 542 g/mol. The second-order valence-corrected chi connectivity index (χ2v) is 10.8. The van der Waals surface area contributed by atoms with E-state index in [-0.39, 0.29) is 35.7 Å². The fourth-order valence-electron chi connectivity index (χ4n) is 4.88. The lowest BCUT2D eigenvalue weighted by Gasteiger charge is -2.21. The van der Waals surface area contributed by atoms with Crippen molar-refractivity contribution in [3.63, 3.8) is 0 Å². The van der Waals surface area contributed by atoms with E-state index in [1.165, 1.54) is 16.9 Å². The zero-order chi connectivity index (χ0) is 28.6. The lowest BCUT2D eigenvalue weighted by molar-refractivity contribution is 0.00683. The minimum atomic E-state index is -0.596. The number of carbonyl (C=O) groups is 3. The molecule has 0 fully saturated rings. The maximum atomic E-state index is 13.5. The van der Waals surface area contributed by atoms with E-state index in [4.69, 9.17) is 10.5 Å². The molecule has 0 bridgehead atoms. The zero-order valence-electron chi connectivity index (χ0n) is 22.8.